The van der Waals surface area contributed by atoms with Crippen LogP contribution < -0.4 is 89.0 Å². The van der Waals surface area contributed by atoms with Gasteiger partial charge in [0.1, 0.15) is 57.9 Å². The van der Waals surface area contributed by atoms with E-state index >= 15 is 0 Å². The molecule has 642 valence electrons. The minimum Gasteiger partial charge on any atom is -0.506 e. The number of rotatable bonds is 27. The van der Waals surface area contributed by atoms with Crippen LogP contribution in [0.3, 0.4) is 0 Å². The third-order valence-electron chi connectivity index (χ3n) is 14.8. The molecule has 35 nitrogen and oxygen atoms in total. The number of para-hydroxylation sites is 2. The predicted octanol–water partition coefficient (Wildman–Crippen LogP) is 20.7. The number of carbonyl (C=O) groups excluding carboxylic acids is 3. The Morgan fingerprint density at radius 1 is 0.373 bits per heavy atom. The third-order valence-corrected chi connectivity index (χ3v) is 14.8. The molecule has 0 spiro atoms. The molecule has 0 unspecified atom stereocenters. The zero-order chi connectivity index (χ0) is 88.5. The number of carbonyl (C=O) groups is 3. The first-order chi connectivity index (χ1) is 55.9. The number of benzene rings is 8. The molecule has 0 heterocycles. The first-order valence-electron chi connectivity index (χ1n) is 36.2. The highest BCUT2D eigenvalue weighted by atomic mass is 16.7. The minimum atomic E-state index is -0.688. The SMILES string of the molecule is CC(C)(C)OC(=O)Nc1ccccc1O.CC(C)CCON=O.CCc1c(OC)cc(N)cc1OC.COc1cc(N=Nc2ccc(O)c(NC(=O)OC(C)(C)C)c2)cc(OC)c1OC.COc1ccc(N=Nc2cc(OC)c(OC)c(OC)c2)cc1N.COc1ccc(N=Nc2cc(OC)c(OC)c(OC)c2)cc1NC(=O)OC(C)(C)C. The summed E-state index contributed by atoms with van der Waals surface area (Å²) < 4.78 is 83.9. The topological polar surface area (TPSA) is 440 Å². The van der Waals surface area contributed by atoms with Crippen molar-refractivity contribution in [3.05, 3.63) is 138 Å². The van der Waals surface area contributed by atoms with Crippen molar-refractivity contribution >= 4 is 80.8 Å². The monoisotopic (exact) mass is 1640 g/mol. The Hall–Kier alpha value is -13.6. The number of amides is 3. The van der Waals surface area contributed by atoms with E-state index < -0.39 is 35.1 Å². The van der Waals surface area contributed by atoms with E-state index in [1.165, 1.54) is 68.0 Å². The lowest BCUT2D eigenvalue weighted by Crippen LogP contribution is -2.27. The quantitative estimate of drug-likeness (QED) is 0.00478. The van der Waals surface area contributed by atoms with Crippen molar-refractivity contribution in [1.29, 1.82) is 0 Å². The zero-order valence-electron chi connectivity index (χ0n) is 71.6. The van der Waals surface area contributed by atoms with Crippen molar-refractivity contribution in [3.8, 4) is 86.2 Å². The van der Waals surface area contributed by atoms with Gasteiger partial charge in [0.05, 0.1) is 149 Å². The summed E-state index contributed by atoms with van der Waals surface area (Å²) in [6.07, 6.45) is -0.103. The molecular formula is C83H112N12O23. The number of nitrogen functional groups attached to an aromatic ring is 2. The molecule has 0 aromatic heterocycles. The van der Waals surface area contributed by atoms with Crippen molar-refractivity contribution in [2.75, 3.05) is 126 Å². The lowest BCUT2D eigenvalue weighted by molar-refractivity contribution is 0.0624. The van der Waals surface area contributed by atoms with Gasteiger partial charge in [-0.05, 0) is 148 Å². The van der Waals surface area contributed by atoms with Crippen molar-refractivity contribution in [2.45, 2.75) is 113 Å². The standard InChI is InChI=1S/C21H27N3O6.C20H25N3O6.C16H19N3O4.C11H15NO3.C10H15NO2.C5H11NO2/c1-21(2,3)30-20(25)22-15-10-13(8-9-16(15)26-4)23-24-14-11-17(27-5)19(29-7)18(12-14)28-6;1-20(2,3)29-19(25)21-14-9-12(7-8-15(14)24)22-23-13-10-16(26-4)18(28-6)17(11-13)27-5;1-20-13-6-5-10(7-12(13)17)18-19-11-8-14(21-2)16(23-4)15(9-11)22-3;1-11(2,3)15-10(14)12-8-6-4-5-7-9(8)13;1-4-8-9(12-2)5-7(11)6-10(8)13-3;1-5(2)3-4-8-6-7/h8-12H,1-7H3,(H,22,25);7-11,24H,1-6H3,(H,21,25);5-9H,17H2,1-4H3;4-7,13H,1-3H3,(H,12,14);5-6H,4,11H2,1-3H3;5H,3-4H2,1-2H3. The highest BCUT2D eigenvalue weighted by Crippen LogP contribution is 2.45. The molecule has 0 saturated heterocycles. The first kappa shape index (κ1) is 98.6. The molecule has 8 aromatic rings. The average Bonchev–Trinajstić information content (AvgIpc) is 0.833. The molecule has 0 atom stereocenters. The summed E-state index contributed by atoms with van der Waals surface area (Å²) in [4.78, 5) is 48.9. The fourth-order valence-corrected chi connectivity index (χ4v) is 9.55. The van der Waals surface area contributed by atoms with Crippen LogP contribution in [0.2, 0.25) is 0 Å². The number of nitrogens with two attached hydrogens (primary N) is 2. The molecule has 0 fully saturated rings. The van der Waals surface area contributed by atoms with E-state index in [1.807, 2.05) is 0 Å². The van der Waals surface area contributed by atoms with E-state index in [1.54, 1.807) is 214 Å². The molecule has 0 radical (unpaired) electrons. The molecule has 0 aliphatic rings. The van der Waals surface area contributed by atoms with Crippen LogP contribution in [0.15, 0.2) is 163 Å². The summed E-state index contributed by atoms with van der Waals surface area (Å²) in [6, 6.07) is 34.8. The van der Waals surface area contributed by atoms with E-state index in [-0.39, 0.29) is 17.2 Å². The Morgan fingerprint density at radius 2 is 0.686 bits per heavy atom. The second-order valence-corrected chi connectivity index (χ2v) is 27.5. The number of anilines is 5. The Labute approximate surface area is 688 Å². The maximum Gasteiger partial charge on any atom is 0.412 e. The van der Waals surface area contributed by atoms with Gasteiger partial charge >= 0.3 is 18.3 Å². The van der Waals surface area contributed by atoms with Crippen molar-refractivity contribution < 1.29 is 105 Å². The maximum absolute atomic E-state index is 12.1. The average molecular weight is 1650 g/mol. The van der Waals surface area contributed by atoms with Gasteiger partial charge in [-0.25, -0.2) is 14.4 Å². The molecule has 0 aliphatic heterocycles. The van der Waals surface area contributed by atoms with Crippen molar-refractivity contribution in [2.24, 2.45) is 41.9 Å². The Bertz CT molecular complexity index is 4520. The summed E-state index contributed by atoms with van der Waals surface area (Å²) in [7, 11) is 20.1. The fourth-order valence-electron chi connectivity index (χ4n) is 9.55. The zero-order valence-corrected chi connectivity index (χ0v) is 71.6. The van der Waals surface area contributed by atoms with Gasteiger partial charge in [0.2, 0.25) is 17.2 Å². The van der Waals surface area contributed by atoms with E-state index in [0.29, 0.717) is 133 Å². The Morgan fingerprint density at radius 3 is 1.01 bits per heavy atom. The number of ether oxygens (including phenoxy) is 16. The van der Waals surface area contributed by atoms with Crippen LogP contribution in [0.1, 0.15) is 95.1 Å². The molecule has 0 aliphatic carbocycles. The van der Waals surface area contributed by atoms with Gasteiger partial charge in [0, 0.05) is 59.8 Å². The molecule has 0 saturated carbocycles. The number of hydrogen-bond acceptors (Lipinski definition) is 32. The number of nitrogens with zero attached hydrogens (tertiary/aromatic N) is 7. The van der Waals surface area contributed by atoms with Gasteiger partial charge in [-0.1, -0.05) is 32.9 Å². The largest absolute Gasteiger partial charge is 0.506 e. The van der Waals surface area contributed by atoms with E-state index in [2.05, 4.69) is 77.6 Å². The Balaban J connectivity index is 0.000000383. The number of azo groups is 3. The molecule has 0 bridgehead atoms. The minimum absolute atomic E-state index is 0.0170. The van der Waals surface area contributed by atoms with Gasteiger partial charge in [0.15, 0.2) is 39.8 Å². The highest BCUT2D eigenvalue weighted by Gasteiger charge is 2.22. The normalized spacial score (nSPS) is 10.8. The summed E-state index contributed by atoms with van der Waals surface area (Å²) in [6.45, 7) is 22.5. The van der Waals surface area contributed by atoms with Crippen LogP contribution >= 0.6 is 0 Å². The van der Waals surface area contributed by atoms with Crippen LogP contribution in [0, 0.1) is 10.8 Å². The predicted molar refractivity (Wildman–Crippen MR) is 452 cm³/mol. The molecule has 8 aromatic carbocycles. The van der Waals surface area contributed by atoms with Crippen LogP contribution in [-0.4, -0.2) is 144 Å². The summed E-state index contributed by atoms with van der Waals surface area (Å²) in [5.74, 6) is 7.37. The smallest absolute Gasteiger partial charge is 0.412 e. The molecular weight excluding hydrogens is 1530 g/mol. The fraction of sp³-hybridized carbons (Fsp3) is 0.386. The molecule has 8 rings (SSSR count). The summed E-state index contributed by atoms with van der Waals surface area (Å²) >= 11 is 0. The number of nitrogens with one attached hydrogen (secondary N) is 3. The van der Waals surface area contributed by atoms with Crippen LogP contribution in [0.4, 0.5) is 76.9 Å². The van der Waals surface area contributed by atoms with E-state index in [4.69, 9.17) is 87.3 Å². The Kier molecular flexibility index (Phi) is 41.1. The first-order valence-corrected chi connectivity index (χ1v) is 36.2. The van der Waals surface area contributed by atoms with E-state index in [0.717, 1.165) is 29.9 Å². The molecule has 35 heteroatoms. The third kappa shape index (κ3) is 34.2. The lowest BCUT2D eigenvalue weighted by atomic mass is 10.1. The van der Waals surface area contributed by atoms with Crippen LogP contribution in [0.5, 0.6) is 86.2 Å². The van der Waals surface area contributed by atoms with E-state index in [9.17, 15) is 29.5 Å². The maximum atomic E-state index is 12.1. The van der Waals surface area contributed by atoms with Gasteiger partial charge in [-0.2, -0.15) is 30.7 Å². The molecule has 118 heavy (non-hydrogen) atoms. The van der Waals surface area contributed by atoms with Crippen LogP contribution in [-0.2, 0) is 25.5 Å². The van der Waals surface area contributed by atoms with Gasteiger partial charge in [-0.15, -0.1) is 4.91 Å². The number of phenols is 2. The second-order valence-electron chi connectivity index (χ2n) is 27.5. The van der Waals surface area contributed by atoms with Crippen molar-refractivity contribution in [3.63, 3.8) is 0 Å². The summed E-state index contributed by atoms with van der Waals surface area (Å²) in [5, 5.41) is 54.3. The van der Waals surface area contributed by atoms with Gasteiger partial charge < -0.3 is 102 Å². The number of phenolic OH excluding ortho intramolecular Hbond substituents is 2. The molecule has 3 amide bonds. The van der Waals surface area contributed by atoms with Crippen molar-refractivity contribution in [1.82, 2.24) is 0 Å². The highest BCUT2D eigenvalue weighted by molar-refractivity contribution is 5.89. The number of aromatic hydroxyl groups is 2. The van der Waals surface area contributed by atoms with Gasteiger partial charge in [0.25, 0.3) is 0 Å². The summed E-state index contributed by atoms with van der Waals surface area (Å²) in [5.41, 5.74) is 15.8. The molecule has 9 N–H and O–H groups in total. The van der Waals surface area contributed by atoms with Crippen LogP contribution in [0.25, 0.3) is 0 Å². The lowest BCUT2D eigenvalue weighted by Gasteiger charge is -2.20. The second kappa shape index (κ2) is 49.2. The van der Waals surface area contributed by atoms with Gasteiger partial charge in [-0.3, -0.25) is 16.0 Å². The number of hydrogen-bond donors (Lipinski definition) is 7. The number of methoxy groups -OCH3 is 13.